The van der Waals surface area contributed by atoms with Crippen LogP contribution in [-0.4, -0.2) is 41.8 Å². The molecule has 0 aliphatic carbocycles. The van der Waals surface area contributed by atoms with E-state index in [0.717, 1.165) is 10.6 Å². The number of urea groups is 1. The number of halogens is 2. The number of rotatable bonds is 5. The highest BCUT2D eigenvalue weighted by molar-refractivity contribution is 6.55. The van der Waals surface area contributed by atoms with Crippen LogP contribution in [0.25, 0.3) is 0 Å². The number of aliphatic imine (C=N–C) groups is 1. The van der Waals surface area contributed by atoms with Crippen molar-refractivity contribution in [3.63, 3.8) is 0 Å². The summed E-state index contributed by atoms with van der Waals surface area (Å²) in [7, 11) is 1.40. The largest absolute Gasteiger partial charge is 0.363 e. The second kappa shape index (κ2) is 7.76. The van der Waals surface area contributed by atoms with E-state index in [2.05, 4.69) is 10.3 Å². The van der Waals surface area contributed by atoms with Crippen molar-refractivity contribution in [2.24, 2.45) is 4.99 Å². The number of nitrogens with zero attached hydrogens (tertiary/aromatic N) is 3. The van der Waals surface area contributed by atoms with Gasteiger partial charge in [0.05, 0.1) is 16.6 Å². The molecule has 1 saturated heterocycles. The van der Waals surface area contributed by atoms with Gasteiger partial charge in [0.25, 0.3) is 5.91 Å². The molecule has 0 spiro atoms. The van der Waals surface area contributed by atoms with E-state index in [1.165, 1.54) is 11.9 Å². The fourth-order valence-electron chi connectivity index (χ4n) is 2.52. The molecule has 0 saturated carbocycles. The summed E-state index contributed by atoms with van der Waals surface area (Å²) in [5.74, 6) is -0.431. The number of hydrogen-bond donors (Lipinski definition) is 1. The van der Waals surface area contributed by atoms with Gasteiger partial charge in [-0.25, -0.2) is 14.7 Å². The molecule has 1 atom stereocenters. The average molecular weight is 391 g/mol. The van der Waals surface area contributed by atoms with Crippen LogP contribution in [0.5, 0.6) is 0 Å². The molecule has 1 fully saturated rings. The molecule has 134 valence electrons. The Bertz CT molecular complexity index is 857. The second-order valence-electron chi connectivity index (χ2n) is 5.57. The molecular formula is C18H16Cl2N4O2. The smallest absolute Gasteiger partial charge is 0.337 e. The maximum absolute atomic E-state index is 12.5. The van der Waals surface area contributed by atoms with E-state index in [-0.39, 0.29) is 11.7 Å². The molecule has 0 radical (unpaired) electrons. The molecule has 1 N–H and O–H groups in total. The van der Waals surface area contributed by atoms with Crippen LogP contribution in [-0.2, 0) is 4.79 Å². The molecule has 1 aliphatic rings. The molecule has 3 amide bonds. The SMILES string of the molecule is CN1C(=O)C(=NC(CCl)Nc2ccccc2)N(c2ccccc2Cl)C1=O. The predicted octanol–water partition coefficient (Wildman–Crippen LogP) is 3.81. The van der Waals surface area contributed by atoms with Gasteiger partial charge in [0.1, 0.15) is 6.17 Å². The van der Waals surface area contributed by atoms with Gasteiger partial charge in [-0.1, -0.05) is 41.9 Å². The molecule has 6 nitrogen and oxygen atoms in total. The van der Waals surface area contributed by atoms with Gasteiger partial charge in [0.15, 0.2) is 0 Å². The van der Waals surface area contributed by atoms with Gasteiger partial charge in [-0.05, 0) is 24.3 Å². The first kappa shape index (κ1) is 18.2. The number of carbonyl (C=O) groups is 2. The third kappa shape index (κ3) is 3.52. The zero-order chi connectivity index (χ0) is 18.7. The highest BCUT2D eigenvalue weighted by atomic mass is 35.5. The monoisotopic (exact) mass is 390 g/mol. The van der Waals surface area contributed by atoms with Crippen molar-refractivity contribution in [1.29, 1.82) is 0 Å². The van der Waals surface area contributed by atoms with Crippen molar-refractivity contribution in [2.75, 3.05) is 23.1 Å². The zero-order valence-electron chi connectivity index (χ0n) is 13.9. The first-order valence-electron chi connectivity index (χ1n) is 7.85. The molecule has 2 aromatic carbocycles. The molecule has 0 aromatic heterocycles. The third-order valence-corrected chi connectivity index (χ3v) is 4.42. The van der Waals surface area contributed by atoms with E-state index < -0.39 is 18.1 Å². The zero-order valence-corrected chi connectivity index (χ0v) is 15.4. The predicted molar refractivity (Wildman–Crippen MR) is 104 cm³/mol. The summed E-state index contributed by atoms with van der Waals surface area (Å²) in [6, 6.07) is 15.6. The average Bonchev–Trinajstić information content (AvgIpc) is 2.86. The van der Waals surface area contributed by atoms with Crippen molar-refractivity contribution in [1.82, 2.24) is 4.90 Å². The summed E-state index contributed by atoms with van der Waals surface area (Å²) < 4.78 is 0. The van der Waals surface area contributed by atoms with Crippen LogP contribution < -0.4 is 10.2 Å². The summed E-state index contributed by atoms with van der Waals surface area (Å²) in [6.07, 6.45) is -0.595. The van der Waals surface area contributed by atoms with Crippen LogP contribution in [0.4, 0.5) is 16.2 Å². The lowest BCUT2D eigenvalue weighted by molar-refractivity contribution is -0.119. The van der Waals surface area contributed by atoms with Gasteiger partial charge in [0.2, 0.25) is 5.84 Å². The number of imide groups is 1. The molecule has 1 aliphatic heterocycles. The van der Waals surface area contributed by atoms with Crippen LogP contribution in [0.1, 0.15) is 0 Å². The number of carbonyl (C=O) groups excluding carboxylic acids is 2. The fourth-order valence-corrected chi connectivity index (χ4v) is 2.88. The molecular weight excluding hydrogens is 375 g/mol. The van der Waals surface area contributed by atoms with Crippen molar-refractivity contribution in [3.05, 3.63) is 59.6 Å². The van der Waals surface area contributed by atoms with Crippen LogP contribution in [0.2, 0.25) is 5.02 Å². The van der Waals surface area contributed by atoms with E-state index >= 15 is 0 Å². The van der Waals surface area contributed by atoms with Gasteiger partial charge >= 0.3 is 6.03 Å². The molecule has 2 aromatic rings. The Hall–Kier alpha value is -2.57. The maximum Gasteiger partial charge on any atom is 0.337 e. The first-order chi connectivity index (χ1) is 12.5. The van der Waals surface area contributed by atoms with Crippen molar-refractivity contribution < 1.29 is 9.59 Å². The van der Waals surface area contributed by atoms with E-state index in [4.69, 9.17) is 23.2 Å². The van der Waals surface area contributed by atoms with Gasteiger partial charge < -0.3 is 5.32 Å². The minimum atomic E-state index is -0.595. The standard InChI is InChI=1S/C18H16Cl2N4O2/c1-23-17(25)16(22-15(11-19)21-12-7-3-2-4-8-12)24(18(23)26)14-10-6-5-9-13(14)20/h2-10,15,21H,11H2,1H3. The topological polar surface area (TPSA) is 65.0 Å². The van der Waals surface area contributed by atoms with E-state index in [1.54, 1.807) is 24.3 Å². The van der Waals surface area contributed by atoms with E-state index in [0.29, 0.717) is 10.7 Å². The van der Waals surface area contributed by atoms with E-state index in [9.17, 15) is 9.59 Å². The number of benzene rings is 2. The minimum absolute atomic E-state index is 0.0281. The summed E-state index contributed by atoms with van der Waals surface area (Å²) in [6.45, 7) is 0. The van der Waals surface area contributed by atoms with Crippen molar-refractivity contribution >= 4 is 52.4 Å². The van der Waals surface area contributed by atoms with Gasteiger partial charge in [-0.2, -0.15) is 0 Å². The second-order valence-corrected chi connectivity index (χ2v) is 6.28. The third-order valence-electron chi connectivity index (χ3n) is 3.81. The highest BCUT2D eigenvalue weighted by Crippen LogP contribution is 2.29. The molecule has 1 unspecified atom stereocenters. The molecule has 0 bridgehead atoms. The Morgan fingerprint density at radius 2 is 1.73 bits per heavy atom. The summed E-state index contributed by atoms with van der Waals surface area (Å²) in [4.78, 5) is 31.7. The quantitative estimate of drug-likeness (QED) is 0.623. The Labute approximate surface area is 161 Å². The molecule has 3 rings (SSSR count). The van der Waals surface area contributed by atoms with Gasteiger partial charge in [-0.3, -0.25) is 9.69 Å². The summed E-state index contributed by atoms with van der Waals surface area (Å²) >= 11 is 12.2. The lowest BCUT2D eigenvalue weighted by atomic mass is 10.3. The fraction of sp³-hybridized carbons (Fsp3) is 0.167. The number of anilines is 2. The normalized spacial score (nSPS) is 17.1. The number of amidine groups is 1. The molecule has 1 heterocycles. The lowest BCUT2D eigenvalue weighted by Crippen LogP contribution is -2.34. The Morgan fingerprint density at radius 3 is 2.38 bits per heavy atom. The molecule has 8 heteroatoms. The number of nitrogens with one attached hydrogen (secondary N) is 1. The number of amides is 3. The number of alkyl halides is 1. The summed E-state index contributed by atoms with van der Waals surface area (Å²) in [5.41, 5.74) is 1.19. The Balaban J connectivity index is 1.98. The Kier molecular flexibility index (Phi) is 5.44. The Morgan fingerprint density at radius 1 is 1.08 bits per heavy atom. The van der Waals surface area contributed by atoms with Crippen molar-refractivity contribution in [2.45, 2.75) is 6.17 Å². The van der Waals surface area contributed by atoms with Crippen LogP contribution >= 0.6 is 23.2 Å². The summed E-state index contributed by atoms with van der Waals surface area (Å²) in [5, 5.41) is 3.47. The van der Waals surface area contributed by atoms with Crippen LogP contribution in [0, 0.1) is 0 Å². The van der Waals surface area contributed by atoms with E-state index in [1.807, 2.05) is 30.3 Å². The molecule has 26 heavy (non-hydrogen) atoms. The number of para-hydroxylation sites is 2. The first-order valence-corrected chi connectivity index (χ1v) is 8.76. The van der Waals surface area contributed by atoms with Crippen LogP contribution in [0.3, 0.4) is 0 Å². The minimum Gasteiger partial charge on any atom is -0.363 e. The van der Waals surface area contributed by atoms with Crippen molar-refractivity contribution in [3.8, 4) is 0 Å². The maximum atomic E-state index is 12.5. The highest BCUT2D eigenvalue weighted by Gasteiger charge is 2.42. The lowest BCUT2D eigenvalue weighted by Gasteiger charge is -2.19. The van der Waals surface area contributed by atoms with Gasteiger partial charge in [0, 0.05) is 12.7 Å². The van der Waals surface area contributed by atoms with Gasteiger partial charge in [-0.15, -0.1) is 11.6 Å². The number of hydrogen-bond acceptors (Lipinski definition) is 4. The number of likely N-dealkylation sites (N-methyl/N-ethyl adjacent to an activating group) is 1. The van der Waals surface area contributed by atoms with Crippen LogP contribution in [0.15, 0.2) is 59.6 Å².